The highest BCUT2D eigenvalue weighted by Gasteiger charge is 2.12. The lowest BCUT2D eigenvalue weighted by Gasteiger charge is -2.25. The van der Waals surface area contributed by atoms with E-state index in [1.165, 1.54) is 23.3 Å². The van der Waals surface area contributed by atoms with Gasteiger partial charge < -0.3 is 0 Å². The van der Waals surface area contributed by atoms with Crippen LogP contribution in [0.3, 0.4) is 0 Å². The van der Waals surface area contributed by atoms with Gasteiger partial charge in [-0.25, -0.2) is 4.39 Å². The summed E-state index contributed by atoms with van der Waals surface area (Å²) >= 11 is 5.94. The Kier molecular flexibility index (Phi) is 5.69. The van der Waals surface area contributed by atoms with Crippen LogP contribution in [0.5, 0.6) is 0 Å². The van der Waals surface area contributed by atoms with Crippen molar-refractivity contribution in [2.45, 2.75) is 12.8 Å². The number of hydrogen-bond donors (Lipinski definition) is 0. The summed E-state index contributed by atoms with van der Waals surface area (Å²) in [5, 5.41) is 0.775. The fourth-order valence-electron chi connectivity index (χ4n) is 2.75. The first-order valence-electron chi connectivity index (χ1n) is 8.12. The molecule has 0 aromatic heterocycles. The molecule has 0 fully saturated rings. The van der Waals surface area contributed by atoms with Crippen LogP contribution in [0.2, 0.25) is 5.02 Å². The zero-order valence-corrected chi connectivity index (χ0v) is 14.2. The summed E-state index contributed by atoms with van der Waals surface area (Å²) < 4.78 is 12.8. The largest absolute Gasteiger partial charge is 0.298 e. The molecular weight excluding hydrogens is 321 g/mol. The highest BCUT2D eigenvalue weighted by Crippen LogP contribution is 2.23. The fourth-order valence-corrected chi connectivity index (χ4v) is 2.88. The van der Waals surface area contributed by atoms with Gasteiger partial charge >= 0.3 is 0 Å². The predicted molar refractivity (Wildman–Crippen MR) is 98.4 cm³/mol. The Hall–Kier alpha value is -2.08. The molecule has 0 aliphatic carbocycles. The maximum atomic E-state index is 12.8. The Balaban J connectivity index is 1.49. The van der Waals surface area contributed by atoms with Gasteiger partial charge in [0.1, 0.15) is 5.82 Å². The second-order valence-corrected chi connectivity index (χ2v) is 6.28. The Morgan fingerprint density at radius 3 is 2.46 bits per heavy atom. The molecule has 0 saturated carbocycles. The van der Waals surface area contributed by atoms with Crippen molar-refractivity contribution in [2.24, 2.45) is 0 Å². The van der Waals surface area contributed by atoms with Crippen molar-refractivity contribution in [3.8, 4) is 11.8 Å². The molecule has 0 radical (unpaired) electrons. The Morgan fingerprint density at radius 1 is 1.04 bits per heavy atom. The molecule has 1 nitrogen and oxygen atoms in total. The van der Waals surface area contributed by atoms with Gasteiger partial charge in [0.15, 0.2) is 0 Å². The minimum Gasteiger partial charge on any atom is -0.298 e. The van der Waals surface area contributed by atoms with E-state index in [0.717, 1.165) is 43.1 Å². The number of halogens is 2. The average Bonchev–Trinajstić information content (AvgIpc) is 2.62. The predicted octanol–water partition coefficient (Wildman–Crippen LogP) is 5.01. The van der Waals surface area contributed by atoms with E-state index >= 15 is 0 Å². The van der Waals surface area contributed by atoms with Crippen molar-refractivity contribution in [1.82, 2.24) is 4.90 Å². The fraction of sp³-hybridized carbons (Fsp3) is 0.238. The first-order valence-corrected chi connectivity index (χ1v) is 8.50. The summed E-state index contributed by atoms with van der Waals surface area (Å²) in [5.41, 5.74) is 3.51. The van der Waals surface area contributed by atoms with Gasteiger partial charge in [0.25, 0.3) is 0 Å². The zero-order valence-electron chi connectivity index (χ0n) is 13.4. The van der Waals surface area contributed by atoms with E-state index in [4.69, 9.17) is 11.6 Å². The second-order valence-electron chi connectivity index (χ2n) is 5.85. The Morgan fingerprint density at radius 2 is 1.79 bits per heavy atom. The summed E-state index contributed by atoms with van der Waals surface area (Å²) in [4.78, 5) is 2.40. The van der Waals surface area contributed by atoms with Crippen LogP contribution in [0.15, 0.2) is 54.6 Å². The van der Waals surface area contributed by atoms with Crippen LogP contribution in [-0.4, -0.2) is 24.5 Å². The van der Waals surface area contributed by atoms with Crippen molar-refractivity contribution in [1.29, 1.82) is 0 Å². The van der Waals surface area contributed by atoms with Crippen LogP contribution < -0.4 is 0 Å². The van der Waals surface area contributed by atoms with E-state index in [-0.39, 0.29) is 5.82 Å². The van der Waals surface area contributed by atoms with E-state index in [1.807, 2.05) is 12.1 Å². The highest BCUT2D eigenvalue weighted by molar-refractivity contribution is 6.30. The molecule has 0 unspecified atom stereocenters. The van der Waals surface area contributed by atoms with Crippen LogP contribution >= 0.6 is 11.6 Å². The van der Waals surface area contributed by atoms with E-state index in [1.54, 1.807) is 12.1 Å². The molecule has 0 atom stereocenters. The second kappa shape index (κ2) is 8.15. The zero-order chi connectivity index (χ0) is 16.8. The molecule has 0 bridgehead atoms. The van der Waals surface area contributed by atoms with Gasteiger partial charge in [-0.2, -0.15) is 0 Å². The number of nitrogens with zero attached hydrogens (tertiary/aromatic N) is 1. The van der Waals surface area contributed by atoms with Crippen LogP contribution in [0.4, 0.5) is 4.39 Å². The molecule has 0 spiro atoms. The lowest BCUT2D eigenvalue weighted by Crippen LogP contribution is -2.29. The molecule has 1 aliphatic rings. The third kappa shape index (κ3) is 4.71. The summed E-state index contributed by atoms with van der Waals surface area (Å²) in [5.74, 6) is 6.02. The Bertz CT molecular complexity index is 766. The van der Waals surface area contributed by atoms with Gasteiger partial charge in [-0.1, -0.05) is 41.7 Å². The van der Waals surface area contributed by atoms with Gasteiger partial charge in [-0.05, 0) is 54.0 Å². The standard InChI is InChI=1S/C21H19ClFN/c22-20-8-6-18(7-9-20)19-12-15-24(16-13-19)14-2-1-3-17-4-10-21(23)11-5-17/h4-12H,2,13-16H2. The van der Waals surface area contributed by atoms with Gasteiger partial charge in [0.05, 0.1) is 0 Å². The van der Waals surface area contributed by atoms with E-state index < -0.39 is 0 Å². The molecule has 2 aromatic rings. The maximum absolute atomic E-state index is 12.8. The Labute approximate surface area is 147 Å². The number of benzene rings is 2. The highest BCUT2D eigenvalue weighted by atomic mass is 35.5. The molecule has 0 amide bonds. The molecule has 0 N–H and O–H groups in total. The third-order valence-corrected chi connectivity index (χ3v) is 4.39. The normalized spacial score (nSPS) is 14.7. The van der Waals surface area contributed by atoms with Crippen LogP contribution in [0.25, 0.3) is 5.57 Å². The van der Waals surface area contributed by atoms with E-state index in [0.29, 0.717) is 0 Å². The third-order valence-electron chi connectivity index (χ3n) is 4.14. The topological polar surface area (TPSA) is 3.24 Å². The molecular formula is C21H19ClFN. The molecule has 24 heavy (non-hydrogen) atoms. The van der Waals surface area contributed by atoms with Crippen molar-refractivity contribution in [3.63, 3.8) is 0 Å². The minimum absolute atomic E-state index is 0.225. The van der Waals surface area contributed by atoms with Crippen molar-refractivity contribution >= 4 is 17.2 Å². The molecule has 1 heterocycles. The van der Waals surface area contributed by atoms with Crippen molar-refractivity contribution in [2.75, 3.05) is 19.6 Å². The van der Waals surface area contributed by atoms with Crippen LogP contribution in [0, 0.1) is 17.7 Å². The SMILES string of the molecule is Fc1ccc(C#CCCN2CC=C(c3ccc(Cl)cc3)CC2)cc1. The molecule has 122 valence electrons. The van der Waals surface area contributed by atoms with Crippen LogP contribution in [0.1, 0.15) is 24.0 Å². The molecule has 3 heteroatoms. The van der Waals surface area contributed by atoms with Gasteiger partial charge in [0, 0.05) is 36.6 Å². The van der Waals surface area contributed by atoms with Gasteiger partial charge in [-0.3, -0.25) is 4.90 Å². The molecule has 2 aromatic carbocycles. The summed E-state index contributed by atoms with van der Waals surface area (Å²) in [7, 11) is 0. The summed E-state index contributed by atoms with van der Waals surface area (Å²) in [6.45, 7) is 2.96. The monoisotopic (exact) mass is 339 g/mol. The first kappa shape index (κ1) is 16.8. The minimum atomic E-state index is -0.225. The smallest absolute Gasteiger partial charge is 0.123 e. The average molecular weight is 340 g/mol. The first-order chi connectivity index (χ1) is 11.7. The lowest BCUT2D eigenvalue weighted by molar-refractivity contribution is 0.309. The van der Waals surface area contributed by atoms with Crippen molar-refractivity contribution < 1.29 is 4.39 Å². The summed E-state index contributed by atoms with van der Waals surface area (Å²) in [6.07, 6.45) is 4.16. The van der Waals surface area contributed by atoms with E-state index in [9.17, 15) is 4.39 Å². The van der Waals surface area contributed by atoms with Crippen molar-refractivity contribution in [3.05, 3.63) is 76.6 Å². The van der Waals surface area contributed by atoms with Crippen LogP contribution in [-0.2, 0) is 0 Å². The quantitative estimate of drug-likeness (QED) is 0.710. The summed E-state index contributed by atoms with van der Waals surface area (Å²) in [6, 6.07) is 14.4. The molecule has 0 saturated heterocycles. The number of rotatable bonds is 3. The van der Waals surface area contributed by atoms with Gasteiger partial charge in [-0.15, -0.1) is 0 Å². The molecule has 1 aliphatic heterocycles. The maximum Gasteiger partial charge on any atom is 0.123 e. The lowest BCUT2D eigenvalue weighted by atomic mass is 9.99. The van der Waals surface area contributed by atoms with E-state index in [2.05, 4.69) is 34.9 Å². The number of hydrogen-bond acceptors (Lipinski definition) is 1. The van der Waals surface area contributed by atoms with Gasteiger partial charge in [0.2, 0.25) is 0 Å². The molecule has 3 rings (SSSR count).